The molecular formula is C14H15BrClNO. The zero-order valence-corrected chi connectivity index (χ0v) is 12.5. The predicted octanol–water partition coefficient (Wildman–Crippen LogP) is 4.59. The van der Waals surface area contributed by atoms with E-state index in [-0.39, 0.29) is 6.04 Å². The molecule has 2 rings (SSSR count). The van der Waals surface area contributed by atoms with Gasteiger partial charge in [-0.2, -0.15) is 0 Å². The predicted molar refractivity (Wildman–Crippen MR) is 78.0 cm³/mol. The van der Waals surface area contributed by atoms with E-state index in [9.17, 15) is 0 Å². The van der Waals surface area contributed by atoms with Crippen molar-refractivity contribution in [1.82, 2.24) is 5.32 Å². The lowest BCUT2D eigenvalue weighted by Gasteiger charge is -2.15. The lowest BCUT2D eigenvalue weighted by Crippen LogP contribution is -2.22. The molecular weight excluding hydrogens is 314 g/mol. The second-order valence-corrected chi connectivity index (χ2v) is 5.30. The molecule has 18 heavy (non-hydrogen) atoms. The van der Waals surface area contributed by atoms with Crippen LogP contribution in [0.15, 0.2) is 45.5 Å². The van der Waals surface area contributed by atoms with Crippen LogP contribution in [-0.4, -0.2) is 6.54 Å². The number of likely N-dealkylation sites (N-methyl/N-ethyl adjacent to an activating group) is 1. The Balaban J connectivity index is 2.16. The zero-order chi connectivity index (χ0) is 13.0. The van der Waals surface area contributed by atoms with Gasteiger partial charge in [0.05, 0.1) is 6.04 Å². The Morgan fingerprint density at radius 2 is 2.17 bits per heavy atom. The highest BCUT2D eigenvalue weighted by molar-refractivity contribution is 9.10. The van der Waals surface area contributed by atoms with Crippen molar-refractivity contribution in [2.24, 2.45) is 0 Å². The van der Waals surface area contributed by atoms with E-state index in [0.717, 1.165) is 28.4 Å². The van der Waals surface area contributed by atoms with Crippen molar-refractivity contribution in [1.29, 1.82) is 0 Å². The van der Waals surface area contributed by atoms with Gasteiger partial charge in [-0.25, -0.2) is 0 Å². The number of halogens is 2. The van der Waals surface area contributed by atoms with E-state index in [1.54, 1.807) is 0 Å². The molecule has 1 unspecified atom stereocenters. The smallest absolute Gasteiger partial charge is 0.169 e. The van der Waals surface area contributed by atoms with Crippen LogP contribution in [0.3, 0.4) is 0 Å². The van der Waals surface area contributed by atoms with Crippen molar-refractivity contribution in [3.63, 3.8) is 0 Å². The van der Waals surface area contributed by atoms with Gasteiger partial charge in [0.15, 0.2) is 4.67 Å². The summed E-state index contributed by atoms with van der Waals surface area (Å²) in [6, 6.07) is 12.0. The van der Waals surface area contributed by atoms with Crippen LogP contribution in [0.2, 0.25) is 5.02 Å². The van der Waals surface area contributed by atoms with Gasteiger partial charge in [-0.1, -0.05) is 30.7 Å². The Hall–Kier alpha value is -0.770. The fraction of sp³-hybridized carbons (Fsp3) is 0.286. The summed E-state index contributed by atoms with van der Waals surface area (Å²) in [7, 11) is 0. The van der Waals surface area contributed by atoms with E-state index in [2.05, 4.69) is 34.2 Å². The van der Waals surface area contributed by atoms with Gasteiger partial charge in [0, 0.05) is 5.02 Å². The topological polar surface area (TPSA) is 25.2 Å². The van der Waals surface area contributed by atoms with E-state index in [0.29, 0.717) is 0 Å². The zero-order valence-electron chi connectivity index (χ0n) is 10.1. The van der Waals surface area contributed by atoms with Crippen LogP contribution in [0, 0.1) is 0 Å². The number of benzene rings is 1. The molecule has 0 bridgehead atoms. The van der Waals surface area contributed by atoms with Gasteiger partial charge in [0.25, 0.3) is 0 Å². The Morgan fingerprint density at radius 3 is 2.78 bits per heavy atom. The molecule has 1 N–H and O–H groups in total. The highest BCUT2D eigenvalue weighted by Crippen LogP contribution is 2.24. The molecule has 0 aliphatic rings. The first-order valence-corrected chi connectivity index (χ1v) is 7.09. The molecule has 2 nitrogen and oxygen atoms in total. The van der Waals surface area contributed by atoms with Crippen molar-refractivity contribution in [3.8, 4) is 0 Å². The van der Waals surface area contributed by atoms with E-state index in [4.69, 9.17) is 16.0 Å². The second kappa shape index (κ2) is 6.41. The van der Waals surface area contributed by atoms with Gasteiger partial charge in [-0.05, 0) is 58.7 Å². The second-order valence-electron chi connectivity index (χ2n) is 4.09. The number of rotatable bonds is 5. The molecule has 0 aliphatic carbocycles. The molecule has 2 aromatic rings. The van der Waals surface area contributed by atoms with Crippen LogP contribution in [0.25, 0.3) is 0 Å². The average Bonchev–Trinajstić information content (AvgIpc) is 2.75. The van der Waals surface area contributed by atoms with E-state index < -0.39 is 0 Å². The van der Waals surface area contributed by atoms with Gasteiger partial charge >= 0.3 is 0 Å². The third-order valence-corrected chi connectivity index (χ3v) is 3.38. The molecule has 1 aromatic heterocycles. The fourth-order valence-corrected chi connectivity index (χ4v) is 2.47. The van der Waals surface area contributed by atoms with Crippen LogP contribution in [0.1, 0.15) is 24.3 Å². The highest BCUT2D eigenvalue weighted by atomic mass is 79.9. The SMILES string of the molecule is CCNC(Cc1cccc(Cl)c1)c1ccc(Br)o1. The van der Waals surface area contributed by atoms with Gasteiger partial charge in [-0.15, -0.1) is 0 Å². The van der Waals surface area contributed by atoms with Crippen LogP contribution in [0.5, 0.6) is 0 Å². The monoisotopic (exact) mass is 327 g/mol. The summed E-state index contributed by atoms with van der Waals surface area (Å²) in [6.45, 7) is 2.98. The third-order valence-electron chi connectivity index (χ3n) is 2.72. The van der Waals surface area contributed by atoms with Gasteiger partial charge in [0.2, 0.25) is 0 Å². The minimum absolute atomic E-state index is 0.166. The summed E-state index contributed by atoms with van der Waals surface area (Å²) in [5, 5.41) is 4.19. The summed E-state index contributed by atoms with van der Waals surface area (Å²) in [5.41, 5.74) is 1.20. The van der Waals surface area contributed by atoms with E-state index in [1.807, 2.05) is 30.3 Å². The molecule has 0 amide bonds. The number of furan rings is 1. The summed E-state index contributed by atoms with van der Waals surface area (Å²) in [4.78, 5) is 0. The molecule has 0 radical (unpaired) electrons. The maximum Gasteiger partial charge on any atom is 0.169 e. The molecule has 0 spiro atoms. The first kappa shape index (κ1) is 13.7. The van der Waals surface area contributed by atoms with Crippen molar-refractivity contribution in [2.45, 2.75) is 19.4 Å². The molecule has 1 heterocycles. The fourth-order valence-electron chi connectivity index (χ4n) is 1.93. The summed E-state index contributed by atoms with van der Waals surface area (Å²) >= 11 is 9.34. The van der Waals surface area contributed by atoms with Gasteiger partial charge in [-0.3, -0.25) is 0 Å². The quantitative estimate of drug-likeness (QED) is 0.868. The third kappa shape index (κ3) is 3.61. The average molecular weight is 329 g/mol. The number of hydrogen-bond acceptors (Lipinski definition) is 2. The van der Waals surface area contributed by atoms with Crippen LogP contribution >= 0.6 is 27.5 Å². The minimum Gasteiger partial charge on any atom is -0.453 e. The van der Waals surface area contributed by atoms with Crippen molar-refractivity contribution in [2.75, 3.05) is 6.54 Å². The van der Waals surface area contributed by atoms with Crippen molar-refractivity contribution < 1.29 is 4.42 Å². The molecule has 4 heteroatoms. The van der Waals surface area contributed by atoms with Crippen LogP contribution < -0.4 is 5.32 Å². The molecule has 0 fully saturated rings. The lowest BCUT2D eigenvalue weighted by atomic mass is 10.0. The minimum atomic E-state index is 0.166. The molecule has 0 saturated carbocycles. The van der Waals surface area contributed by atoms with E-state index in [1.165, 1.54) is 5.56 Å². The Labute approximate surface area is 120 Å². The Kier molecular flexibility index (Phi) is 4.87. The summed E-state index contributed by atoms with van der Waals surface area (Å²) in [5.74, 6) is 0.934. The molecule has 96 valence electrons. The molecule has 1 atom stereocenters. The molecule has 0 aliphatic heterocycles. The van der Waals surface area contributed by atoms with Crippen LogP contribution in [-0.2, 0) is 6.42 Å². The van der Waals surface area contributed by atoms with E-state index >= 15 is 0 Å². The normalized spacial score (nSPS) is 12.6. The van der Waals surface area contributed by atoms with Crippen molar-refractivity contribution >= 4 is 27.5 Å². The lowest BCUT2D eigenvalue weighted by molar-refractivity contribution is 0.405. The Bertz CT molecular complexity index is 512. The number of hydrogen-bond donors (Lipinski definition) is 1. The van der Waals surface area contributed by atoms with Crippen LogP contribution in [0.4, 0.5) is 0 Å². The first-order valence-electron chi connectivity index (χ1n) is 5.92. The number of nitrogens with one attached hydrogen (secondary N) is 1. The maximum absolute atomic E-state index is 6.00. The standard InChI is InChI=1S/C14H15BrClNO/c1-2-17-12(13-6-7-14(15)18-13)9-10-4-3-5-11(16)8-10/h3-8,12,17H,2,9H2,1H3. The highest BCUT2D eigenvalue weighted by Gasteiger charge is 2.15. The molecule has 0 saturated heterocycles. The first-order chi connectivity index (χ1) is 8.69. The van der Waals surface area contributed by atoms with Gasteiger partial charge < -0.3 is 9.73 Å². The van der Waals surface area contributed by atoms with Crippen molar-refractivity contribution in [3.05, 3.63) is 57.4 Å². The summed E-state index contributed by atoms with van der Waals surface area (Å²) < 4.78 is 6.38. The largest absolute Gasteiger partial charge is 0.453 e. The van der Waals surface area contributed by atoms with Gasteiger partial charge in [0.1, 0.15) is 5.76 Å². The molecule has 1 aromatic carbocycles. The summed E-state index contributed by atoms with van der Waals surface area (Å²) in [6.07, 6.45) is 0.856. The maximum atomic E-state index is 6.00. The Morgan fingerprint density at radius 1 is 1.33 bits per heavy atom.